The number of carboxylic acid groups (broad SMARTS) is 5. The van der Waals surface area contributed by atoms with Gasteiger partial charge in [-0.15, -0.1) is 0 Å². The number of aromatic hydroxyl groups is 3. The first-order chi connectivity index (χ1) is 61.1. The van der Waals surface area contributed by atoms with E-state index in [9.17, 15) is 64.8 Å². The molecular weight excluding hydrogens is 1610 g/mol. The maximum absolute atomic E-state index is 11.2. The van der Waals surface area contributed by atoms with Crippen molar-refractivity contribution < 1.29 is 64.8 Å². The third-order valence-corrected chi connectivity index (χ3v) is 29.1. The Balaban J connectivity index is 0.000000250. The van der Waals surface area contributed by atoms with Crippen molar-refractivity contribution in [2.24, 2.45) is 54.1 Å². The molecule has 5 aromatic rings. The van der Waals surface area contributed by atoms with Crippen molar-refractivity contribution in [3.05, 3.63) is 158 Å². The van der Waals surface area contributed by atoms with Crippen molar-refractivity contribution in [2.75, 3.05) is 0 Å². The lowest BCUT2D eigenvalue weighted by molar-refractivity contribution is -0.144. The number of unbranched alkanes of at least 4 members (excludes halogenated alkanes) is 15. The zero-order valence-electron chi connectivity index (χ0n) is 85.2. The van der Waals surface area contributed by atoms with Crippen LogP contribution in [0.4, 0.5) is 0 Å². The largest absolute Gasteiger partial charge is 0.508 e. The molecule has 5 fully saturated rings. The van der Waals surface area contributed by atoms with Gasteiger partial charge >= 0.3 is 29.8 Å². The van der Waals surface area contributed by atoms with Crippen LogP contribution in [-0.2, 0) is 88.2 Å². The molecule has 10 rings (SSSR count). The minimum atomic E-state index is -0.615. The fourth-order valence-corrected chi connectivity index (χ4v) is 19.1. The summed E-state index contributed by atoms with van der Waals surface area (Å²) in [6, 6.07) is 31.1. The van der Waals surface area contributed by atoms with Crippen LogP contribution in [0, 0.1) is 68.0 Å². The Morgan fingerprint density at radius 2 is 0.477 bits per heavy atom. The summed E-state index contributed by atoms with van der Waals surface area (Å²) in [6.07, 6.45) is 58.2. The summed E-state index contributed by atoms with van der Waals surface area (Å²) in [5.41, 5.74) is 16.7. The molecule has 5 aliphatic rings. The summed E-state index contributed by atoms with van der Waals surface area (Å²) in [4.78, 5) is 56.1. The topological polar surface area (TPSA) is 247 Å². The van der Waals surface area contributed by atoms with Crippen molar-refractivity contribution in [3.8, 4) is 17.2 Å². The summed E-state index contributed by atoms with van der Waals surface area (Å²) >= 11 is 0. The van der Waals surface area contributed by atoms with Crippen molar-refractivity contribution in [1.82, 2.24) is 0 Å². The number of carboxylic acids is 5. The Kier molecular flexibility index (Phi) is 45.7. The van der Waals surface area contributed by atoms with Gasteiger partial charge in [-0.25, -0.2) is 0 Å². The number of phenols is 3. The van der Waals surface area contributed by atoms with Crippen molar-refractivity contribution >= 4 is 29.8 Å². The monoisotopic (exact) mass is 1800 g/mol. The van der Waals surface area contributed by atoms with Crippen LogP contribution >= 0.6 is 0 Å². The SMILES string of the molecule is CC(C)(C)CCCCc1cc(O)ccc1CCCCCC1(C(=O)O)CC1.CC(C)(C)CCCCc1ccc(O)cc1CCCCCC1(C(=O)O)CC1.CC(C)(C)CCCCc1cccc(O)c1CCCCCC1(C(=O)O)CC1.Cc1ccc(CCCCC(C)(C)C)c(CCCCCC2(C(=O)O)CC2)c1.Cc1cccc(CCCCC(C)(C)C)c1CCCCCC1(C(=O)O)CC1. The Labute approximate surface area is 790 Å². The van der Waals surface area contributed by atoms with Crippen LogP contribution in [0.2, 0.25) is 0 Å². The van der Waals surface area contributed by atoms with E-state index in [0.717, 1.165) is 250 Å². The minimum Gasteiger partial charge on any atom is -0.508 e. The van der Waals surface area contributed by atoms with E-state index in [1.54, 1.807) is 23.8 Å². The number of hydrogen-bond acceptors (Lipinski definition) is 8. The van der Waals surface area contributed by atoms with Gasteiger partial charge in [0.2, 0.25) is 0 Å². The molecule has 5 saturated carbocycles. The standard InChI is InChI=1S/2C24H38O2.3C23H36O3/c1-19-11-10-13-20(12-7-9-15-23(2,3)4)21(19)14-6-5-8-16-24(17-18-24)22(25)26;1-19-12-13-20(10-7-9-14-23(2,3)4)21(18-19)11-6-5-8-15-24(16-17-24)22(25)26;1-22(2,3)14-8-6-10-18-11-9-13-20(24)19(18)12-5-4-7-15-23(16-17-23)21(25)26;1-22(2,3)13-8-6-9-18-11-12-20(24)17-19(18)10-5-4-7-14-23(15-16-23)21(25)26;1-22(2,3)13-8-6-10-19-17-20(24)12-11-18(19)9-5-4-7-14-23(15-16-23)21(25)26/h10-11,13H,5-9,12,14-18H2,1-4H3,(H,25,26);12-13,18H,5-11,14-17H2,1-4H3,(H,25,26);9,11,13,24H,4-8,10,12,14-17H2,1-3H3,(H,25,26);2*11-12,17,24H,4-10,13-16H2,1-3H3,(H,25,26). The van der Waals surface area contributed by atoms with Crippen LogP contribution in [0.5, 0.6) is 17.2 Å². The number of benzene rings is 5. The summed E-state index contributed by atoms with van der Waals surface area (Å²) in [5.74, 6) is -1.85. The van der Waals surface area contributed by atoms with Gasteiger partial charge in [0, 0.05) is 0 Å². The highest BCUT2D eigenvalue weighted by Gasteiger charge is 2.52. The Bertz CT molecular complexity index is 3970. The number of rotatable bonds is 55. The van der Waals surface area contributed by atoms with E-state index in [4.69, 9.17) is 0 Å². The molecule has 8 N–H and O–H groups in total. The molecule has 0 radical (unpaired) electrons. The molecule has 0 saturated heterocycles. The van der Waals surface area contributed by atoms with Gasteiger partial charge < -0.3 is 40.9 Å². The van der Waals surface area contributed by atoms with Crippen LogP contribution < -0.4 is 0 Å². The van der Waals surface area contributed by atoms with Crippen molar-refractivity contribution in [1.29, 1.82) is 0 Å². The highest BCUT2D eigenvalue weighted by atomic mass is 16.4. The smallest absolute Gasteiger partial charge is 0.309 e. The fraction of sp³-hybridized carbons (Fsp3) is 0.701. The van der Waals surface area contributed by atoms with E-state index < -0.39 is 35.3 Å². The number of carbonyl (C=O) groups is 5. The van der Waals surface area contributed by atoms with Gasteiger partial charge in [-0.2, -0.15) is 0 Å². The molecule has 130 heavy (non-hydrogen) atoms. The van der Waals surface area contributed by atoms with Crippen LogP contribution in [0.3, 0.4) is 0 Å². The van der Waals surface area contributed by atoms with Gasteiger partial charge in [0.1, 0.15) is 17.2 Å². The Morgan fingerprint density at radius 3 is 0.754 bits per heavy atom. The van der Waals surface area contributed by atoms with Gasteiger partial charge in [-0.3, -0.25) is 24.0 Å². The molecule has 13 heteroatoms. The molecule has 5 aliphatic carbocycles. The van der Waals surface area contributed by atoms with Gasteiger partial charge in [-0.05, 0) is 389 Å². The minimum absolute atomic E-state index is 0.346. The van der Waals surface area contributed by atoms with Crippen LogP contribution in [0.25, 0.3) is 0 Å². The first kappa shape index (κ1) is 112. The predicted molar refractivity (Wildman–Crippen MR) is 539 cm³/mol. The van der Waals surface area contributed by atoms with E-state index in [2.05, 4.69) is 172 Å². The quantitative estimate of drug-likeness (QED) is 0.0169. The van der Waals surface area contributed by atoms with Crippen LogP contribution in [0.1, 0.15) is 460 Å². The summed E-state index contributed by atoms with van der Waals surface area (Å²) in [7, 11) is 0. The third kappa shape index (κ3) is 43.5. The zero-order chi connectivity index (χ0) is 96.0. The van der Waals surface area contributed by atoms with E-state index in [0.29, 0.717) is 44.3 Å². The molecule has 0 aliphatic heterocycles. The molecule has 0 unspecified atom stereocenters. The normalized spacial score (nSPS) is 15.8. The lowest BCUT2D eigenvalue weighted by Crippen LogP contribution is -2.14. The highest BCUT2D eigenvalue weighted by Crippen LogP contribution is 2.54. The Hall–Kier alpha value is -7.15. The van der Waals surface area contributed by atoms with Crippen LogP contribution in [0.15, 0.2) is 91.0 Å². The summed E-state index contributed by atoms with van der Waals surface area (Å²) < 4.78 is 0. The first-order valence-corrected chi connectivity index (χ1v) is 51.9. The van der Waals surface area contributed by atoms with E-state index >= 15 is 0 Å². The number of aryl methyl sites for hydroxylation is 10. The molecule has 13 nitrogen and oxygen atoms in total. The van der Waals surface area contributed by atoms with Crippen LogP contribution in [-0.4, -0.2) is 70.7 Å². The van der Waals surface area contributed by atoms with E-state index in [1.165, 1.54) is 165 Å². The molecule has 5 aromatic carbocycles. The maximum Gasteiger partial charge on any atom is 0.309 e. The number of aliphatic carboxylic acids is 5. The van der Waals surface area contributed by atoms with Crippen molar-refractivity contribution in [2.45, 2.75) is 471 Å². The average Bonchev–Trinajstić information content (AvgIpc) is 1.67. The molecule has 0 amide bonds. The second kappa shape index (κ2) is 53.2. The molecule has 0 atom stereocenters. The van der Waals surface area contributed by atoms with Crippen molar-refractivity contribution in [3.63, 3.8) is 0 Å². The van der Waals surface area contributed by atoms with Gasteiger partial charge in [0.15, 0.2) is 0 Å². The summed E-state index contributed by atoms with van der Waals surface area (Å²) in [5, 5.41) is 76.1. The lowest BCUT2D eigenvalue weighted by Gasteiger charge is -2.18. The molecule has 730 valence electrons. The molecule has 0 spiro atoms. The van der Waals surface area contributed by atoms with Gasteiger partial charge in [0.05, 0.1) is 27.1 Å². The first-order valence-electron chi connectivity index (χ1n) is 51.9. The fourth-order valence-electron chi connectivity index (χ4n) is 19.1. The summed E-state index contributed by atoms with van der Waals surface area (Å²) in [6.45, 7) is 38.9. The molecular formula is C117H184O13. The number of phenolic OH excluding ortho intramolecular Hbond substituents is 3. The van der Waals surface area contributed by atoms with Gasteiger partial charge in [0.25, 0.3) is 0 Å². The third-order valence-electron chi connectivity index (χ3n) is 29.1. The van der Waals surface area contributed by atoms with Gasteiger partial charge in [-0.1, -0.05) is 266 Å². The maximum atomic E-state index is 11.2. The molecule has 0 aromatic heterocycles. The Morgan fingerprint density at radius 1 is 0.246 bits per heavy atom. The lowest BCUT2D eigenvalue weighted by atomic mass is 9.88. The highest BCUT2D eigenvalue weighted by molar-refractivity contribution is 5.79. The zero-order valence-corrected chi connectivity index (χ0v) is 85.2. The van der Waals surface area contributed by atoms with E-state index in [-0.39, 0.29) is 21.7 Å². The molecule has 0 bridgehead atoms. The average molecular weight is 1800 g/mol. The number of hydrogen-bond donors (Lipinski definition) is 8. The van der Waals surface area contributed by atoms with E-state index in [1.807, 2.05) is 18.2 Å². The molecule has 0 heterocycles. The second-order valence-corrected chi connectivity index (χ2v) is 47.4. The predicted octanol–water partition coefficient (Wildman–Crippen LogP) is 31.8. The second-order valence-electron chi connectivity index (χ2n) is 47.4.